The van der Waals surface area contributed by atoms with Crippen LogP contribution in [-0.4, -0.2) is 17.0 Å². The van der Waals surface area contributed by atoms with Crippen LogP contribution in [0.1, 0.15) is 26.0 Å². The van der Waals surface area contributed by atoms with E-state index in [1.807, 2.05) is 12.1 Å². The van der Waals surface area contributed by atoms with E-state index in [-0.39, 0.29) is 24.0 Å². The number of benzene rings is 1. The van der Waals surface area contributed by atoms with Crippen LogP contribution in [0.2, 0.25) is 0 Å². The Kier molecular flexibility index (Phi) is 6.14. The zero-order chi connectivity index (χ0) is 13.0. The van der Waals surface area contributed by atoms with E-state index in [9.17, 15) is 0 Å². The van der Waals surface area contributed by atoms with Crippen molar-refractivity contribution < 1.29 is 0 Å². The lowest BCUT2D eigenvalue weighted by molar-refractivity contribution is 0.636. The Morgan fingerprint density at radius 3 is 2.84 bits per heavy atom. The van der Waals surface area contributed by atoms with Crippen LogP contribution >= 0.6 is 24.0 Å². The van der Waals surface area contributed by atoms with Crippen molar-refractivity contribution in [3.63, 3.8) is 0 Å². The van der Waals surface area contributed by atoms with Gasteiger partial charge < -0.3 is 16.0 Å². The van der Waals surface area contributed by atoms with Gasteiger partial charge in [-0.25, -0.2) is 4.99 Å². The number of nitrogens with one attached hydrogen (secondary N) is 2. The highest BCUT2D eigenvalue weighted by molar-refractivity contribution is 14.0. The predicted molar refractivity (Wildman–Crippen MR) is 91.9 cm³/mol. The fraction of sp³-hybridized carbons (Fsp3) is 0.357. The smallest absolute Gasteiger partial charge is 0.189 e. The van der Waals surface area contributed by atoms with Crippen LogP contribution in [0.5, 0.6) is 0 Å². The molecule has 0 radical (unpaired) electrons. The summed E-state index contributed by atoms with van der Waals surface area (Å²) in [7, 11) is 0. The fourth-order valence-electron chi connectivity index (χ4n) is 1.79. The fourth-order valence-corrected chi connectivity index (χ4v) is 1.79. The molecular formula is C14H21IN4. The average Bonchev–Trinajstić information content (AvgIpc) is 2.79. The normalized spacial score (nSPS) is 13.1. The van der Waals surface area contributed by atoms with Gasteiger partial charge >= 0.3 is 0 Å². The van der Waals surface area contributed by atoms with Crippen LogP contribution < -0.4 is 11.1 Å². The van der Waals surface area contributed by atoms with Crippen LogP contribution in [0.4, 0.5) is 0 Å². The second kappa shape index (κ2) is 7.37. The Hall–Kier alpha value is -1.24. The summed E-state index contributed by atoms with van der Waals surface area (Å²) in [5, 5.41) is 4.35. The molecule has 104 valence electrons. The minimum atomic E-state index is 0. The summed E-state index contributed by atoms with van der Waals surface area (Å²) in [6.07, 6.45) is 1.03. The highest BCUT2D eigenvalue weighted by Gasteiger charge is 2.01. The molecule has 1 aromatic carbocycles. The van der Waals surface area contributed by atoms with Crippen molar-refractivity contribution in [2.45, 2.75) is 32.9 Å². The zero-order valence-corrected chi connectivity index (χ0v) is 13.6. The number of hydrogen-bond acceptors (Lipinski definition) is 1. The standard InChI is InChI=1S/C14H20N4.HI/c1-3-10(2)17-14(15)16-9-12-8-11-6-4-5-7-13(11)18-12;/h4-8,10,18H,3,9H2,1-2H3,(H3,15,16,17);1H. The number of aromatic nitrogens is 1. The molecule has 0 spiro atoms. The van der Waals surface area contributed by atoms with Gasteiger partial charge in [0.1, 0.15) is 0 Å². The minimum absolute atomic E-state index is 0. The predicted octanol–water partition coefficient (Wildman–Crippen LogP) is 2.99. The molecule has 2 rings (SSSR count). The summed E-state index contributed by atoms with van der Waals surface area (Å²) in [5.41, 5.74) is 8.03. The number of halogens is 1. The van der Waals surface area contributed by atoms with Gasteiger partial charge in [-0.15, -0.1) is 24.0 Å². The van der Waals surface area contributed by atoms with Gasteiger partial charge in [0, 0.05) is 17.3 Å². The maximum absolute atomic E-state index is 5.82. The first kappa shape index (κ1) is 15.8. The van der Waals surface area contributed by atoms with Gasteiger partial charge in [0.25, 0.3) is 0 Å². The van der Waals surface area contributed by atoms with Gasteiger partial charge in [-0.1, -0.05) is 25.1 Å². The third-order valence-corrected chi connectivity index (χ3v) is 3.01. The summed E-state index contributed by atoms with van der Waals surface area (Å²) < 4.78 is 0. The first-order valence-electron chi connectivity index (χ1n) is 6.32. The largest absolute Gasteiger partial charge is 0.370 e. The van der Waals surface area contributed by atoms with E-state index < -0.39 is 0 Å². The number of fused-ring (bicyclic) bond motifs is 1. The van der Waals surface area contributed by atoms with Crippen LogP contribution in [0.25, 0.3) is 10.9 Å². The summed E-state index contributed by atoms with van der Waals surface area (Å²) in [6, 6.07) is 10.7. The molecule has 4 N–H and O–H groups in total. The zero-order valence-electron chi connectivity index (χ0n) is 11.3. The molecule has 4 nitrogen and oxygen atoms in total. The van der Waals surface area contributed by atoms with Crippen molar-refractivity contribution in [3.05, 3.63) is 36.0 Å². The van der Waals surface area contributed by atoms with E-state index >= 15 is 0 Å². The van der Waals surface area contributed by atoms with Crippen molar-refractivity contribution in [2.75, 3.05) is 0 Å². The number of hydrogen-bond donors (Lipinski definition) is 3. The van der Waals surface area contributed by atoms with E-state index in [0.717, 1.165) is 17.6 Å². The lowest BCUT2D eigenvalue weighted by atomic mass is 10.2. The van der Waals surface area contributed by atoms with E-state index in [0.29, 0.717) is 18.5 Å². The molecule has 1 unspecified atom stereocenters. The third kappa shape index (κ3) is 4.41. The second-order valence-corrected chi connectivity index (χ2v) is 4.54. The highest BCUT2D eigenvalue weighted by atomic mass is 127. The Balaban J connectivity index is 0.00000180. The van der Waals surface area contributed by atoms with E-state index in [1.54, 1.807) is 0 Å². The summed E-state index contributed by atoms with van der Waals surface area (Å²) in [4.78, 5) is 7.66. The molecule has 1 atom stereocenters. The molecule has 2 aromatic rings. The first-order valence-corrected chi connectivity index (χ1v) is 6.32. The SMILES string of the molecule is CCC(C)NC(N)=NCc1cc2ccccc2[nH]1.I. The van der Waals surface area contributed by atoms with Gasteiger partial charge in [0.2, 0.25) is 0 Å². The maximum Gasteiger partial charge on any atom is 0.189 e. The Morgan fingerprint density at radius 2 is 2.16 bits per heavy atom. The number of rotatable bonds is 4. The van der Waals surface area contributed by atoms with Crippen molar-refractivity contribution in [1.82, 2.24) is 10.3 Å². The van der Waals surface area contributed by atoms with Crippen molar-refractivity contribution in [1.29, 1.82) is 0 Å². The van der Waals surface area contributed by atoms with Gasteiger partial charge in [-0.05, 0) is 30.9 Å². The quantitative estimate of drug-likeness (QED) is 0.439. The van der Waals surface area contributed by atoms with Gasteiger partial charge in [0.15, 0.2) is 5.96 Å². The van der Waals surface area contributed by atoms with E-state index in [1.165, 1.54) is 5.39 Å². The number of aliphatic imine (C=N–C) groups is 1. The number of H-pyrrole nitrogens is 1. The Labute approximate surface area is 130 Å². The molecule has 0 aliphatic carbocycles. The van der Waals surface area contributed by atoms with Gasteiger partial charge in [0.05, 0.1) is 6.54 Å². The van der Waals surface area contributed by atoms with Crippen LogP contribution in [-0.2, 0) is 6.54 Å². The molecule has 19 heavy (non-hydrogen) atoms. The lowest BCUT2D eigenvalue weighted by Gasteiger charge is -2.11. The topological polar surface area (TPSA) is 66.2 Å². The summed E-state index contributed by atoms with van der Waals surface area (Å²) in [5.74, 6) is 0.503. The Bertz CT molecular complexity index is 514. The molecule has 5 heteroatoms. The number of nitrogens with two attached hydrogens (primary N) is 1. The minimum Gasteiger partial charge on any atom is -0.370 e. The Morgan fingerprint density at radius 1 is 1.42 bits per heavy atom. The third-order valence-electron chi connectivity index (χ3n) is 3.01. The van der Waals surface area contributed by atoms with Crippen LogP contribution in [0.3, 0.4) is 0 Å². The molecule has 0 fully saturated rings. The number of para-hydroxylation sites is 1. The monoisotopic (exact) mass is 372 g/mol. The number of guanidine groups is 1. The molecule has 0 aliphatic rings. The maximum atomic E-state index is 5.82. The summed E-state index contributed by atoms with van der Waals surface area (Å²) in [6.45, 7) is 4.78. The van der Waals surface area contributed by atoms with Crippen molar-refractivity contribution >= 4 is 40.8 Å². The van der Waals surface area contributed by atoms with Crippen LogP contribution in [0.15, 0.2) is 35.3 Å². The van der Waals surface area contributed by atoms with Crippen LogP contribution in [0, 0.1) is 0 Å². The molecular weight excluding hydrogens is 351 g/mol. The molecule has 1 aromatic heterocycles. The summed E-state index contributed by atoms with van der Waals surface area (Å²) >= 11 is 0. The van der Waals surface area contributed by atoms with Gasteiger partial charge in [-0.3, -0.25) is 0 Å². The van der Waals surface area contributed by atoms with Gasteiger partial charge in [-0.2, -0.15) is 0 Å². The lowest BCUT2D eigenvalue weighted by Crippen LogP contribution is -2.38. The van der Waals surface area contributed by atoms with Crippen molar-refractivity contribution in [3.8, 4) is 0 Å². The first-order chi connectivity index (χ1) is 8.69. The van der Waals surface area contributed by atoms with E-state index in [4.69, 9.17) is 5.73 Å². The van der Waals surface area contributed by atoms with E-state index in [2.05, 4.69) is 47.3 Å². The number of aromatic amines is 1. The number of nitrogens with zero attached hydrogens (tertiary/aromatic N) is 1. The molecule has 0 aliphatic heterocycles. The molecule has 0 saturated heterocycles. The molecule has 0 amide bonds. The second-order valence-electron chi connectivity index (χ2n) is 4.54. The average molecular weight is 372 g/mol. The highest BCUT2D eigenvalue weighted by Crippen LogP contribution is 2.14. The van der Waals surface area contributed by atoms with Crippen molar-refractivity contribution in [2.24, 2.45) is 10.7 Å². The molecule has 0 saturated carbocycles. The molecule has 0 bridgehead atoms. The molecule has 1 heterocycles.